The summed E-state index contributed by atoms with van der Waals surface area (Å²) >= 11 is 39.2. The summed E-state index contributed by atoms with van der Waals surface area (Å²) < 4.78 is -1.99. The molecule has 5 nitrogen and oxygen atoms in total. The van der Waals surface area contributed by atoms with Crippen LogP contribution in [0.25, 0.3) is 0 Å². The van der Waals surface area contributed by atoms with Gasteiger partial charge >= 0.3 is 0 Å². The molecule has 1 heterocycles. The zero-order valence-corrected chi connectivity index (χ0v) is 24.1. The topological polar surface area (TPSA) is 66.5 Å². The number of carbonyl (C=O) groups excluding carboxylic acids is 3. The lowest BCUT2D eigenvalue weighted by atomic mass is 9.84. The summed E-state index contributed by atoms with van der Waals surface area (Å²) in [7, 11) is 0. The zero-order valence-electron chi connectivity index (χ0n) is 19.6. The van der Waals surface area contributed by atoms with E-state index in [1.807, 2.05) is 32.0 Å². The molecular formula is C26H20Cl6N2O3. The van der Waals surface area contributed by atoms with Crippen LogP contribution in [-0.4, -0.2) is 31.8 Å². The Morgan fingerprint density at radius 2 is 1.30 bits per heavy atom. The summed E-state index contributed by atoms with van der Waals surface area (Å²) in [5.41, 5.74) is 3.45. The third kappa shape index (κ3) is 3.34. The van der Waals surface area contributed by atoms with E-state index in [1.54, 1.807) is 0 Å². The van der Waals surface area contributed by atoms with Gasteiger partial charge in [0.2, 0.25) is 11.8 Å². The molecule has 37 heavy (non-hydrogen) atoms. The molecule has 5 rings (SSSR count). The number of halogens is 6. The quantitative estimate of drug-likeness (QED) is 0.289. The number of rotatable bonds is 5. The highest BCUT2D eigenvalue weighted by Crippen LogP contribution is 2.77. The van der Waals surface area contributed by atoms with Gasteiger partial charge in [-0.3, -0.25) is 14.4 Å². The molecule has 1 saturated heterocycles. The van der Waals surface area contributed by atoms with Crippen molar-refractivity contribution in [1.29, 1.82) is 0 Å². The number of imide groups is 1. The Labute approximate surface area is 244 Å². The van der Waals surface area contributed by atoms with Crippen LogP contribution >= 0.6 is 69.6 Å². The van der Waals surface area contributed by atoms with Crippen molar-refractivity contribution in [3.05, 3.63) is 69.2 Å². The zero-order chi connectivity index (χ0) is 27.1. The lowest BCUT2D eigenvalue weighted by Crippen LogP contribution is -2.50. The van der Waals surface area contributed by atoms with Gasteiger partial charge in [0.1, 0.15) is 9.75 Å². The van der Waals surface area contributed by atoms with E-state index in [-0.39, 0.29) is 21.7 Å². The van der Waals surface area contributed by atoms with Crippen LogP contribution in [0.2, 0.25) is 0 Å². The molecule has 4 atom stereocenters. The van der Waals surface area contributed by atoms with E-state index in [0.29, 0.717) is 5.56 Å². The number of carbonyl (C=O) groups is 3. The van der Waals surface area contributed by atoms with Crippen molar-refractivity contribution in [2.45, 2.75) is 40.8 Å². The molecule has 0 radical (unpaired) electrons. The first-order valence-electron chi connectivity index (χ1n) is 11.6. The maximum Gasteiger partial charge on any atom is 0.255 e. The summed E-state index contributed by atoms with van der Waals surface area (Å²) in [6, 6.07) is 12.0. The van der Waals surface area contributed by atoms with Crippen LogP contribution in [0.5, 0.6) is 0 Å². The highest BCUT2D eigenvalue weighted by molar-refractivity contribution is 6.67. The molecule has 0 unspecified atom stereocenters. The van der Waals surface area contributed by atoms with Crippen molar-refractivity contribution < 1.29 is 14.4 Å². The summed E-state index contributed by atoms with van der Waals surface area (Å²) in [6.45, 7) is 4.05. The second kappa shape index (κ2) is 9.04. The average molecular weight is 621 g/mol. The van der Waals surface area contributed by atoms with Gasteiger partial charge in [-0.1, -0.05) is 78.5 Å². The van der Waals surface area contributed by atoms with Crippen LogP contribution in [0.4, 0.5) is 11.4 Å². The van der Waals surface area contributed by atoms with Crippen molar-refractivity contribution in [3.8, 4) is 0 Å². The second-order valence-electron chi connectivity index (χ2n) is 9.25. The molecule has 1 saturated carbocycles. The van der Waals surface area contributed by atoms with Crippen molar-refractivity contribution >= 4 is 98.7 Å². The highest BCUT2D eigenvalue weighted by Gasteiger charge is 2.87. The summed E-state index contributed by atoms with van der Waals surface area (Å²) in [6.07, 6.45) is 1.53. The third-order valence-corrected chi connectivity index (χ3v) is 11.8. The number of para-hydroxylation sites is 1. The molecule has 11 heteroatoms. The fourth-order valence-corrected chi connectivity index (χ4v) is 8.53. The molecule has 1 aliphatic heterocycles. The summed E-state index contributed by atoms with van der Waals surface area (Å²) in [4.78, 5) is 37.3. The van der Waals surface area contributed by atoms with Gasteiger partial charge in [0.25, 0.3) is 5.91 Å². The largest absolute Gasteiger partial charge is 0.321 e. The minimum atomic E-state index is -1.99. The van der Waals surface area contributed by atoms with Crippen LogP contribution in [0.15, 0.2) is 52.5 Å². The van der Waals surface area contributed by atoms with E-state index >= 15 is 0 Å². The fraction of sp³-hybridized carbons (Fsp3) is 0.346. The normalized spacial score (nSPS) is 29.8. The van der Waals surface area contributed by atoms with Gasteiger partial charge in [-0.05, 0) is 48.2 Å². The number of alkyl halides is 4. The Balaban J connectivity index is 1.44. The van der Waals surface area contributed by atoms with Gasteiger partial charge < -0.3 is 5.32 Å². The van der Waals surface area contributed by atoms with Crippen molar-refractivity contribution in [3.63, 3.8) is 0 Å². The molecule has 0 aromatic heterocycles. The Hall–Kier alpha value is -1.47. The number of allylic oxidation sites excluding steroid dienone is 2. The number of nitrogens with zero attached hydrogens (tertiary/aromatic N) is 1. The smallest absolute Gasteiger partial charge is 0.255 e. The van der Waals surface area contributed by atoms with Gasteiger partial charge in [-0.15, -0.1) is 23.2 Å². The van der Waals surface area contributed by atoms with Crippen LogP contribution in [0.3, 0.4) is 0 Å². The molecule has 2 bridgehead atoms. The Kier molecular flexibility index (Phi) is 6.62. The second-order valence-corrected chi connectivity index (χ2v) is 12.5. The van der Waals surface area contributed by atoms with Crippen molar-refractivity contribution in [1.82, 2.24) is 0 Å². The van der Waals surface area contributed by atoms with E-state index in [4.69, 9.17) is 69.6 Å². The number of fused-ring (bicyclic) bond motifs is 5. The summed E-state index contributed by atoms with van der Waals surface area (Å²) in [5, 5.41) is 2.70. The van der Waals surface area contributed by atoms with Gasteiger partial charge in [-0.2, -0.15) is 0 Å². The molecule has 194 valence electrons. The predicted molar refractivity (Wildman–Crippen MR) is 149 cm³/mol. The van der Waals surface area contributed by atoms with E-state index in [2.05, 4.69) is 5.32 Å². The third-order valence-electron chi connectivity index (χ3n) is 7.53. The number of hydrogen-bond donors (Lipinski definition) is 1. The van der Waals surface area contributed by atoms with Crippen LogP contribution in [0, 0.1) is 11.8 Å². The molecule has 2 aliphatic carbocycles. The number of benzene rings is 2. The van der Waals surface area contributed by atoms with Gasteiger partial charge in [0.05, 0.1) is 27.6 Å². The number of aryl methyl sites for hydroxylation is 2. The van der Waals surface area contributed by atoms with Gasteiger partial charge in [-0.25, -0.2) is 4.90 Å². The maximum atomic E-state index is 13.5. The first-order chi connectivity index (χ1) is 17.4. The number of anilines is 2. The lowest BCUT2D eigenvalue weighted by Gasteiger charge is -2.34. The average Bonchev–Trinajstić information content (AvgIpc) is 3.27. The van der Waals surface area contributed by atoms with Crippen molar-refractivity contribution in [2.24, 2.45) is 11.8 Å². The molecule has 2 aromatic rings. The minimum absolute atomic E-state index is 0.147. The van der Waals surface area contributed by atoms with E-state index in [9.17, 15) is 14.4 Å². The van der Waals surface area contributed by atoms with Crippen molar-refractivity contribution in [2.75, 3.05) is 10.2 Å². The van der Waals surface area contributed by atoms with Gasteiger partial charge in [0.15, 0.2) is 4.33 Å². The Morgan fingerprint density at radius 1 is 0.838 bits per heavy atom. The number of amides is 3. The Bertz CT molecular complexity index is 1320. The van der Waals surface area contributed by atoms with E-state index in [1.165, 1.54) is 24.3 Å². The molecule has 3 aliphatic rings. The predicted octanol–water partition coefficient (Wildman–Crippen LogP) is 7.01. The van der Waals surface area contributed by atoms with E-state index in [0.717, 1.165) is 34.6 Å². The molecule has 0 spiro atoms. The monoisotopic (exact) mass is 618 g/mol. The summed E-state index contributed by atoms with van der Waals surface area (Å²) in [5.74, 6) is -4.05. The SMILES string of the molecule is CCc1cccc(CC)c1NC(=O)c1ccc(N2C(=O)[C@H]3[C@H](C2=O)[C@@]2(Cl)C(Cl)=C(Cl)[C@@]3(Cl)C2(Cl)Cl)cc1. The fourth-order valence-electron chi connectivity index (χ4n) is 5.60. The standard InChI is InChI=1S/C26H20Cl6N2O3/c1-3-12-6-5-7-13(4-2)18(12)33-21(35)14-8-10-15(11-9-14)34-22(36)16-17(23(34)37)25(30)20(28)19(27)24(16,29)26(25,31)32/h5-11,16-17H,3-4H2,1-2H3,(H,33,35)/t16-,17-,24-,25-/m1/s1. The first kappa shape index (κ1) is 27.1. The van der Waals surface area contributed by atoms with Crippen LogP contribution < -0.4 is 10.2 Å². The van der Waals surface area contributed by atoms with E-state index < -0.39 is 37.7 Å². The van der Waals surface area contributed by atoms with Crippen LogP contribution in [0.1, 0.15) is 35.3 Å². The molecule has 2 fully saturated rings. The molecule has 3 amide bonds. The minimum Gasteiger partial charge on any atom is -0.321 e. The van der Waals surface area contributed by atoms with Gasteiger partial charge in [0, 0.05) is 11.3 Å². The number of hydrogen-bond acceptors (Lipinski definition) is 3. The molecular weight excluding hydrogens is 601 g/mol. The Morgan fingerprint density at radius 3 is 1.73 bits per heavy atom. The first-order valence-corrected chi connectivity index (χ1v) is 13.9. The number of nitrogens with one attached hydrogen (secondary N) is 1. The highest BCUT2D eigenvalue weighted by atomic mass is 35.5. The maximum absolute atomic E-state index is 13.5. The van der Waals surface area contributed by atoms with Crippen LogP contribution in [-0.2, 0) is 22.4 Å². The lowest BCUT2D eigenvalue weighted by molar-refractivity contribution is -0.123. The molecule has 1 N–H and O–H groups in total. The molecule has 2 aromatic carbocycles.